The van der Waals surface area contributed by atoms with Crippen LogP contribution < -0.4 is 10.1 Å². The van der Waals surface area contributed by atoms with Crippen LogP contribution >= 0.6 is 0 Å². The van der Waals surface area contributed by atoms with E-state index in [2.05, 4.69) is 23.3 Å². The van der Waals surface area contributed by atoms with Gasteiger partial charge in [-0.3, -0.25) is 0 Å². The van der Waals surface area contributed by atoms with Crippen LogP contribution in [0.5, 0.6) is 5.88 Å². The fraction of sp³-hybridized carbons (Fsp3) is 0.688. The first kappa shape index (κ1) is 12.9. The first-order valence-electron chi connectivity index (χ1n) is 7.67. The van der Waals surface area contributed by atoms with E-state index in [0.29, 0.717) is 12.0 Å². The molecule has 1 aromatic rings. The summed E-state index contributed by atoms with van der Waals surface area (Å²) in [4.78, 5) is 4.44. The quantitative estimate of drug-likeness (QED) is 0.882. The molecule has 1 N–H and O–H groups in total. The van der Waals surface area contributed by atoms with Gasteiger partial charge in [-0.25, -0.2) is 4.98 Å². The van der Waals surface area contributed by atoms with Gasteiger partial charge in [-0.15, -0.1) is 0 Å². The zero-order chi connectivity index (χ0) is 13.1. The smallest absolute Gasteiger partial charge is 0.218 e. The van der Waals surface area contributed by atoms with Crippen molar-refractivity contribution in [2.45, 2.75) is 64.1 Å². The number of ether oxygens (including phenoxy) is 1. The number of aromatic nitrogens is 1. The molecule has 2 aliphatic rings. The lowest BCUT2D eigenvalue weighted by molar-refractivity contribution is 0.0963. The fourth-order valence-electron chi connectivity index (χ4n) is 2.81. The maximum atomic E-state index is 6.20. The third-order valence-corrected chi connectivity index (χ3v) is 4.30. The molecule has 2 saturated carbocycles. The predicted molar refractivity (Wildman–Crippen MR) is 76.1 cm³/mol. The third-order valence-electron chi connectivity index (χ3n) is 4.30. The average Bonchev–Trinajstić information content (AvgIpc) is 3.24. The van der Waals surface area contributed by atoms with E-state index in [9.17, 15) is 0 Å². The standard InChI is InChI=1S/C16H24N2O/c1-12-5-2-3-7-15(12)19-16-13(6-4-10-17-16)11-18-14-8-9-14/h4,6,10,12,14-15,18H,2-3,5,7-9,11H2,1H3. The predicted octanol–water partition coefficient (Wildman–Crippen LogP) is 3.29. The van der Waals surface area contributed by atoms with Crippen molar-refractivity contribution in [2.75, 3.05) is 0 Å². The highest BCUT2D eigenvalue weighted by Gasteiger charge is 2.25. The molecule has 1 heterocycles. The van der Waals surface area contributed by atoms with E-state index in [1.165, 1.54) is 44.1 Å². The zero-order valence-corrected chi connectivity index (χ0v) is 11.8. The van der Waals surface area contributed by atoms with E-state index < -0.39 is 0 Å². The molecule has 2 aliphatic carbocycles. The lowest BCUT2D eigenvalue weighted by Gasteiger charge is -2.29. The van der Waals surface area contributed by atoms with Crippen LogP contribution in [0.4, 0.5) is 0 Å². The average molecular weight is 260 g/mol. The molecule has 0 spiro atoms. The molecule has 2 atom stereocenters. The second-order valence-corrected chi connectivity index (χ2v) is 6.04. The molecule has 2 unspecified atom stereocenters. The van der Waals surface area contributed by atoms with Crippen molar-refractivity contribution in [2.24, 2.45) is 5.92 Å². The number of nitrogens with zero attached hydrogens (tertiary/aromatic N) is 1. The summed E-state index contributed by atoms with van der Waals surface area (Å²) in [5.74, 6) is 1.49. The second-order valence-electron chi connectivity index (χ2n) is 6.04. The topological polar surface area (TPSA) is 34.1 Å². The van der Waals surface area contributed by atoms with Crippen molar-refractivity contribution in [3.8, 4) is 5.88 Å². The molecular formula is C16H24N2O. The van der Waals surface area contributed by atoms with Gasteiger partial charge >= 0.3 is 0 Å². The molecule has 3 rings (SSSR count). The molecule has 1 aromatic heterocycles. The molecule has 0 saturated heterocycles. The molecule has 0 radical (unpaired) electrons. The maximum Gasteiger partial charge on any atom is 0.218 e. The van der Waals surface area contributed by atoms with E-state index in [-0.39, 0.29) is 0 Å². The van der Waals surface area contributed by atoms with Gasteiger partial charge in [0.2, 0.25) is 5.88 Å². The molecular weight excluding hydrogens is 236 g/mol. The van der Waals surface area contributed by atoms with Crippen LogP contribution in [0.25, 0.3) is 0 Å². The highest BCUT2D eigenvalue weighted by Crippen LogP contribution is 2.29. The molecule has 0 amide bonds. The number of hydrogen-bond acceptors (Lipinski definition) is 3. The van der Waals surface area contributed by atoms with Crippen molar-refractivity contribution in [3.63, 3.8) is 0 Å². The Balaban J connectivity index is 1.64. The molecule has 2 fully saturated rings. The van der Waals surface area contributed by atoms with E-state index in [1.807, 2.05) is 12.3 Å². The summed E-state index contributed by atoms with van der Waals surface area (Å²) in [6, 6.07) is 4.85. The Morgan fingerprint density at radius 3 is 2.89 bits per heavy atom. The van der Waals surface area contributed by atoms with Crippen molar-refractivity contribution < 1.29 is 4.74 Å². The normalized spacial score (nSPS) is 27.2. The van der Waals surface area contributed by atoms with Crippen LogP contribution in [0, 0.1) is 5.92 Å². The van der Waals surface area contributed by atoms with Crippen molar-refractivity contribution >= 4 is 0 Å². The molecule has 0 aromatic carbocycles. The van der Waals surface area contributed by atoms with Gasteiger partial charge < -0.3 is 10.1 Å². The number of nitrogens with one attached hydrogen (secondary N) is 1. The summed E-state index contributed by atoms with van der Waals surface area (Å²) in [6.45, 7) is 3.18. The summed E-state index contributed by atoms with van der Waals surface area (Å²) in [5.41, 5.74) is 1.20. The highest BCUT2D eigenvalue weighted by atomic mass is 16.5. The number of pyridine rings is 1. The molecule has 104 valence electrons. The van der Waals surface area contributed by atoms with E-state index in [0.717, 1.165) is 18.5 Å². The van der Waals surface area contributed by atoms with Gasteiger partial charge in [0.25, 0.3) is 0 Å². The van der Waals surface area contributed by atoms with Gasteiger partial charge in [0.1, 0.15) is 6.10 Å². The Hall–Kier alpha value is -1.09. The number of rotatable bonds is 5. The summed E-state index contributed by atoms with van der Waals surface area (Å²) >= 11 is 0. The summed E-state index contributed by atoms with van der Waals surface area (Å²) in [5, 5.41) is 3.54. The SMILES string of the molecule is CC1CCCCC1Oc1ncccc1CNC1CC1. The van der Waals surface area contributed by atoms with Gasteiger partial charge in [0.05, 0.1) is 0 Å². The van der Waals surface area contributed by atoms with E-state index in [1.54, 1.807) is 0 Å². The lowest BCUT2D eigenvalue weighted by atomic mass is 9.88. The Kier molecular flexibility index (Phi) is 4.02. The monoisotopic (exact) mass is 260 g/mol. The van der Waals surface area contributed by atoms with Crippen molar-refractivity contribution in [1.82, 2.24) is 10.3 Å². The van der Waals surface area contributed by atoms with Gasteiger partial charge in [-0.2, -0.15) is 0 Å². The minimum atomic E-state index is 0.350. The van der Waals surface area contributed by atoms with Crippen molar-refractivity contribution in [1.29, 1.82) is 0 Å². The number of hydrogen-bond donors (Lipinski definition) is 1. The molecule has 0 bridgehead atoms. The zero-order valence-electron chi connectivity index (χ0n) is 11.8. The first-order valence-corrected chi connectivity index (χ1v) is 7.67. The highest BCUT2D eigenvalue weighted by molar-refractivity contribution is 5.25. The first-order chi connectivity index (χ1) is 9.33. The molecule has 3 nitrogen and oxygen atoms in total. The van der Waals surface area contributed by atoms with E-state index in [4.69, 9.17) is 4.74 Å². The van der Waals surface area contributed by atoms with Gasteiger partial charge in [-0.05, 0) is 44.1 Å². The Bertz CT molecular complexity index is 417. The molecule has 19 heavy (non-hydrogen) atoms. The molecule has 3 heteroatoms. The van der Waals surface area contributed by atoms with Crippen molar-refractivity contribution in [3.05, 3.63) is 23.9 Å². The Labute approximate surface area is 115 Å². The maximum absolute atomic E-state index is 6.20. The van der Waals surface area contributed by atoms with Crippen LogP contribution in [0.2, 0.25) is 0 Å². The fourth-order valence-corrected chi connectivity index (χ4v) is 2.81. The van der Waals surface area contributed by atoms with Crippen LogP contribution in [0.15, 0.2) is 18.3 Å². The van der Waals surface area contributed by atoms with Crippen LogP contribution in [-0.2, 0) is 6.54 Å². The van der Waals surface area contributed by atoms with Gasteiger partial charge in [0, 0.05) is 24.3 Å². The van der Waals surface area contributed by atoms with Gasteiger partial charge in [0.15, 0.2) is 0 Å². The summed E-state index contributed by atoms with van der Waals surface area (Å²) < 4.78 is 6.20. The largest absolute Gasteiger partial charge is 0.474 e. The third kappa shape index (κ3) is 3.47. The van der Waals surface area contributed by atoms with Crippen LogP contribution in [-0.4, -0.2) is 17.1 Å². The minimum absolute atomic E-state index is 0.350. The summed E-state index contributed by atoms with van der Waals surface area (Å²) in [7, 11) is 0. The van der Waals surface area contributed by atoms with Crippen LogP contribution in [0.3, 0.4) is 0 Å². The minimum Gasteiger partial charge on any atom is -0.474 e. The Morgan fingerprint density at radius 2 is 2.11 bits per heavy atom. The van der Waals surface area contributed by atoms with Crippen LogP contribution in [0.1, 0.15) is 51.0 Å². The van der Waals surface area contributed by atoms with Gasteiger partial charge in [-0.1, -0.05) is 19.4 Å². The Morgan fingerprint density at radius 1 is 1.26 bits per heavy atom. The lowest BCUT2D eigenvalue weighted by Crippen LogP contribution is -2.29. The molecule has 0 aliphatic heterocycles. The van der Waals surface area contributed by atoms with E-state index >= 15 is 0 Å². The summed E-state index contributed by atoms with van der Waals surface area (Å²) in [6.07, 6.45) is 9.91. The second kappa shape index (κ2) is 5.91.